The summed E-state index contributed by atoms with van der Waals surface area (Å²) in [5.74, 6) is 0.0129. The molecule has 166 valence electrons. The largest absolute Gasteiger partial charge is 0.507 e. The van der Waals surface area contributed by atoms with Gasteiger partial charge in [-0.3, -0.25) is 9.89 Å². The predicted molar refractivity (Wildman–Crippen MR) is 122 cm³/mol. The first-order valence-electron chi connectivity index (χ1n) is 10.6. The molecule has 3 aromatic carbocycles. The zero-order valence-electron chi connectivity index (χ0n) is 18.0. The maximum absolute atomic E-state index is 14.0. The molecule has 1 unspecified atom stereocenters. The van der Waals surface area contributed by atoms with Crippen molar-refractivity contribution in [1.82, 2.24) is 15.1 Å². The van der Waals surface area contributed by atoms with Crippen LogP contribution in [0.15, 0.2) is 72.8 Å². The fraction of sp³-hybridized carbons (Fsp3) is 0.154. The van der Waals surface area contributed by atoms with E-state index >= 15 is 0 Å². The molecule has 2 heterocycles. The molecule has 0 aliphatic carbocycles. The number of halogens is 1. The normalized spacial score (nSPS) is 15.0. The molecule has 5 rings (SSSR count). The Bertz CT molecular complexity index is 1300. The van der Waals surface area contributed by atoms with E-state index in [9.17, 15) is 14.3 Å². The number of rotatable bonds is 6. The van der Waals surface area contributed by atoms with Crippen molar-refractivity contribution < 1.29 is 19.0 Å². The second-order valence-corrected chi connectivity index (χ2v) is 7.93. The quantitative estimate of drug-likeness (QED) is 0.452. The van der Waals surface area contributed by atoms with Gasteiger partial charge in [-0.25, -0.2) is 4.39 Å². The number of methoxy groups -OCH3 is 1. The van der Waals surface area contributed by atoms with E-state index < -0.39 is 11.9 Å². The molecular weight excluding hydrogens is 421 g/mol. The highest BCUT2D eigenvalue weighted by molar-refractivity contribution is 6.00. The number of phenols is 1. The summed E-state index contributed by atoms with van der Waals surface area (Å²) in [6.45, 7) is 0.474. The van der Waals surface area contributed by atoms with Crippen LogP contribution in [0.4, 0.5) is 4.39 Å². The number of fused-ring (bicyclic) bond motifs is 1. The number of nitrogens with one attached hydrogen (secondary N) is 1. The fourth-order valence-electron chi connectivity index (χ4n) is 4.35. The molecule has 0 saturated carbocycles. The lowest BCUT2D eigenvalue weighted by molar-refractivity contribution is 0.0746. The molecule has 0 saturated heterocycles. The number of aromatic nitrogens is 2. The number of ether oxygens (including phenoxy) is 1. The minimum atomic E-state index is -0.489. The van der Waals surface area contributed by atoms with Gasteiger partial charge in [0, 0.05) is 17.7 Å². The van der Waals surface area contributed by atoms with Gasteiger partial charge in [0.25, 0.3) is 5.91 Å². The lowest BCUT2D eigenvalue weighted by Crippen LogP contribution is -2.31. The summed E-state index contributed by atoms with van der Waals surface area (Å²) in [6, 6.07) is 20.7. The number of phenolic OH excluding ortho intramolecular Hbond substituents is 1. The predicted octanol–water partition coefficient (Wildman–Crippen LogP) is 4.72. The SMILES string of the molecule is COc1ccc(CCN2C(=O)c3[nH]nc(-c4cc(F)ccc4O)c3C2c2ccccc2)cc1. The lowest BCUT2D eigenvalue weighted by atomic mass is 9.95. The van der Waals surface area contributed by atoms with Crippen molar-refractivity contribution in [2.24, 2.45) is 0 Å². The summed E-state index contributed by atoms with van der Waals surface area (Å²) < 4.78 is 19.2. The Morgan fingerprint density at radius 1 is 1.09 bits per heavy atom. The van der Waals surface area contributed by atoms with Crippen molar-refractivity contribution in [3.05, 3.63) is 101 Å². The number of benzene rings is 3. The van der Waals surface area contributed by atoms with Crippen LogP contribution in [0.2, 0.25) is 0 Å². The Hall–Kier alpha value is -4.13. The number of nitrogens with zero attached hydrogens (tertiary/aromatic N) is 2. The maximum atomic E-state index is 14.0. The molecule has 1 aliphatic heterocycles. The molecule has 1 aliphatic rings. The molecule has 1 amide bonds. The Kier molecular flexibility index (Phi) is 5.30. The average Bonchev–Trinajstić information content (AvgIpc) is 3.39. The van der Waals surface area contributed by atoms with Crippen LogP contribution in [0.1, 0.15) is 33.2 Å². The monoisotopic (exact) mass is 443 g/mol. The number of amides is 1. The third-order valence-corrected chi connectivity index (χ3v) is 5.99. The molecule has 0 bridgehead atoms. The van der Waals surface area contributed by atoms with Crippen molar-refractivity contribution in [1.29, 1.82) is 0 Å². The Morgan fingerprint density at radius 2 is 1.85 bits per heavy atom. The summed E-state index contributed by atoms with van der Waals surface area (Å²) in [6.07, 6.45) is 0.650. The van der Waals surface area contributed by atoms with E-state index in [-0.39, 0.29) is 17.2 Å². The van der Waals surface area contributed by atoms with Crippen LogP contribution in [0, 0.1) is 5.82 Å². The first kappa shape index (κ1) is 20.8. The molecule has 0 radical (unpaired) electrons. The van der Waals surface area contributed by atoms with Crippen molar-refractivity contribution in [3.8, 4) is 22.8 Å². The highest BCUT2D eigenvalue weighted by Crippen LogP contribution is 2.44. The maximum Gasteiger partial charge on any atom is 0.273 e. The van der Waals surface area contributed by atoms with Crippen LogP contribution in [0.3, 0.4) is 0 Å². The number of carbonyl (C=O) groups excluding carboxylic acids is 1. The van der Waals surface area contributed by atoms with E-state index in [1.165, 1.54) is 18.2 Å². The number of hydrogen-bond acceptors (Lipinski definition) is 4. The third-order valence-electron chi connectivity index (χ3n) is 5.99. The van der Waals surface area contributed by atoms with Gasteiger partial charge in [-0.1, -0.05) is 42.5 Å². The van der Waals surface area contributed by atoms with Crippen LogP contribution in [-0.4, -0.2) is 39.8 Å². The van der Waals surface area contributed by atoms with Gasteiger partial charge in [0.2, 0.25) is 0 Å². The van der Waals surface area contributed by atoms with Crippen LogP contribution in [-0.2, 0) is 6.42 Å². The van der Waals surface area contributed by atoms with Gasteiger partial charge in [-0.05, 0) is 47.9 Å². The van der Waals surface area contributed by atoms with Crippen molar-refractivity contribution >= 4 is 5.91 Å². The number of aromatic hydroxyl groups is 1. The van der Waals surface area contributed by atoms with E-state index in [0.717, 1.165) is 16.9 Å². The molecule has 4 aromatic rings. The van der Waals surface area contributed by atoms with E-state index in [0.29, 0.717) is 29.9 Å². The molecule has 2 N–H and O–H groups in total. The Balaban J connectivity index is 1.55. The van der Waals surface area contributed by atoms with Crippen molar-refractivity contribution in [2.45, 2.75) is 12.5 Å². The summed E-state index contributed by atoms with van der Waals surface area (Å²) in [5.41, 5.74) is 3.61. The average molecular weight is 443 g/mol. The highest BCUT2D eigenvalue weighted by Gasteiger charge is 2.42. The fourth-order valence-corrected chi connectivity index (χ4v) is 4.35. The van der Waals surface area contributed by atoms with Crippen molar-refractivity contribution in [3.63, 3.8) is 0 Å². The number of H-pyrrole nitrogens is 1. The summed E-state index contributed by atoms with van der Waals surface area (Å²) in [4.78, 5) is 15.2. The Labute approximate surface area is 190 Å². The van der Waals surface area contributed by atoms with E-state index in [2.05, 4.69) is 10.2 Å². The first-order valence-corrected chi connectivity index (χ1v) is 10.6. The summed E-state index contributed by atoms with van der Waals surface area (Å²) in [5, 5.41) is 17.5. The first-order chi connectivity index (χ1) is 16.1. The minimum absolute atomic E-state index is 0.0957. The Morgan fingerprint density at radius 3 is 2.58 bits per heavy atom. The minimum Gasteiger partial charge on any atom is -0.507 e. The van der Waals surface area contributed by atoms with Gasteiger partial charge in [0.1, 0.15) is 28.7 Å². The molecule has 0 spiro atoms. The zero-order valence-corrected chi connectivity index (χ0v) is 18.0. The molecule has 6 nitrogen and oxygen atoms in total. The van der Waals surface area contributed by atoms with Gasteiger partial charge in [0.15, 0.2) is 0 Å². The smallest absolute Gasteiger partial charge is 0.273 e. The number of hydrogen-bond donors (Lipinski definition) is 2. The van der Waals surface area contributed by atoms with Gasteiger partial charge in [-0.15, -0.1) is 0 Å². The second-order valence-electron chi connectivity index (χ2n) is 7.93. The molecule has 33 heavy (non-hydrogen) atoms. The highest BCUT2D eigenvalue weighted by atomic mass is 19.1. The zero-order chi connectivity index (χ0) is 22.9. The third kappa shape index (κ3) is 3.71. The number of carbonyl (C=O) groups is 1. The molecule has 1 aromatic heterocycles. The summed E-state index contributed by atoms with van der Waals surface area (Å²) >= 11 is 0. The van der Waals surface area contributed by atoms with E-state index in [4.69, 9.17) is 4.74 Å². The van der Waals surface area contributed by atoms with Crippen LogP contribution in [0.25, 0.3) is 11.3 Å². The van der Waals surface area contributed by atoms with E-state index in [1.54, 1.807) is 12.0 Å². The van der Waals surface area contributed by atoms with E-state index in [1.807, 2.05) is 54.6 Å². The number of aromatic amines is 1. The molecule has 7 heteroatoms. The molecule has 1 atom stereocenters. The molecule has 0 fully saturated rings. The second kappa shape index (κ2) is 8.43. The lowest BCUT2D eigenvalue weighted by Gasteiger charge is -2.26. The van der Waals surface area contributed by atoms with Crippen molar-refractivity contribution in [2.75, 3.05) is 13.7 Å². The molecular formula is C26H22FN3O3. The topological polar surface area (TPSA) is 78.5 Å². The van der Waals surface area contributed by atoms with Crippen LogP contribution < -0.4 is 4.74 Å². The van der Waals surface area contributed by atoms with Crippen LogP contribution >= 0.6 is 0 Å². The van der Waals surface area contributed by atoms with Gasteiger partial charge in [-0.2, -0.15) is 5.10 Å². The summed E-state index contributed by atoms with van der Waals surface area (Å²) in [7, 11) is 1.62. The van der Waals surface area contributed by atoms with Gasteiger partial charge < -0.3 is 14.7 Å². The standard InChI is InChI=1S/C26H22FN3O3/c1-33-19-10-7-16(8-11-19)13-14-30-25(17-5-3-2-4-6-17)22-23(28-29-24(22)26(30)32)20-15-18(27)9-12-21(20)31/h2-12,15,25,31H,13-14H2,1H3,(H,28,29). The van der Waals surface area contributed by atoms with Gasteiger partial charge in [0.05, 0.1) is 13.2 Å². The van der Waals surface area contributed by atoms with Crippen LogP contribution in [0.5, 0.6) is 11.5 Å². The van der Waals surface area contributed by atoms with Gasteiger partial charge >= 0.3 is 0 Å².